The van der Waals surface area contributed by atoms with E-state index < -0.39 is 24.3 Å². The van der Waals surface area contributed by atoms with Crippen LogP contribution in [0.4, 0.5) is 4.39 Å². The average molecular weight is 464 g/mol. The SMILES string of the molecule is C[C@@H](NC(=O)c1ccccc1CNC(=O)C(=O)NCCC(=O)CF)c1cccc2ccccc12. The fraction of sp³-hybridized carbons (Fsp3) is 0.231. The standard InChI is InChI=1S/C26H26FN3O4/c1-17(21-12-6-9-18-7-2-4-10-22(18)21)30-24(32)23-11-5-3-8-19(23)16-29-26(34)25(33)28-14-13-20(31)15-27/h2-12,17H,13-16H2,1H3,(H,28,33)(H,29,34)(H,30,32)/t17-/m1/s1. The number of carbonyl (C=O) groups excluding carboxylic acids is 4. The summed E-state index contributed by atoms with van der Waals surface area (Å²) in [5.41, 5.74) is 1.91. The molecule has 0 aliphatic heterocycles. The second kappa shape index (κ2) is 11.7. The molecule has 0 aromatic heterocycles. The van der Waals surface area contributed by atoms with Crippen LogP contribution < -0.4 is 16.0 Å². The Hall–Kier alpha value is -4.07. The van der Waals surface area contributed by atoms with Crippen LogP contribution in [-0.4, -0.2) is 36.7 Å². The van der Waals surface area contributed by atoms with Crippen LogP contribution in [-0.2, 0) is 20.9 Å². The lowest BCUT2D eigenvalue weighted by Gasteiger charge is -2.18. The summed E-state index contributed by atoms with van der Waals surface area (Å²) in [4.78, 5) is 47.9. The quantitative estimate of drug-likeness (QED) is 0.425. The van der Waals surface area contributed by atoms with Gasteiger partial charge in [0.25, 0.3) is 5.91 Å². The molecule has 0 fully saturated rings. The molecule has 3 aromatic carbocycles. The number of nitrogens with one attached hydrogen (secondary N) is 3. The summed E-state index contributed by atoms with van der Waals surface area (Å²) in [6.07, 6.45) is -0.187. The van der Waals surface area contributed by atoms with Gasteiger partial charge in [0.15, 0.2) is 5.78 Å². The Morgan fingerprint density at radius 1 is 0.853 bits per heavy atom. The van der Waals surface area contributed by atoms with Crippen LogP contribution in [0.2, 0.25) is 0 Å². The maximum Gasteiger partial charge on any atom is 0.309 e. The Balaban J connectivity index is 1.63. The first-order valence-electron chi connectivity index (χ1n) is 10.9. The van der Waals surface area contributed by atoms with Gasteiger partial charge in [-0.2, -0.15) is 0 Å². The number of Topliss-reactive ketones (excluding diaryl/α,β-unsaturated/α-hetero) is 1. The van der Waals surface area contributed by atoms with Crippen LogP contribution in [0.15, 0.2) is 66.7 Å². The highest BCUT2D eigenvalue weighted by Gasteiger charge is 2.18. The molecule has 176 valence electrons. The van der Waals surface area contributed by atoms with Crippen molar-refractivity contribution in [2.24, 2.45) is 0 Å². The van der Waals surface area contributed by atoms with Gasteiger partial charge in [0.2, 0.25) is 0 Å². The summed E-state index contributed by atoms with van der Waals surface area (Å²) in [6.45, 7) is 0.629. The highest BCUT2D eigenvalue weighted by atomic mass is 19.1. The van der Waals surface area contributed by atoms with Crippen LogP contribution in [0, 0.1) is 0 Å². The number of rotatable bonds is 9. The van der Waals surface area contributed by atoms with Crippen LogP contribution in [0.25, 0.3) is 10.8 Å². The van der Waals surface area contributed by atoms with Gasteiger partial charge in [0.1, 0.15) is 6.67 Å². The smallest absolute Gasteiger partial charge is 0.309 e. The largest absolute Gasteiger partial charge is 0.347 e. The predicted octanol–water partition coefficient (Wildman–Crippen LogP) is 2.99. The average Bonchev–Trinajstić information content (AvgIpc) is 2.86. The van der Waals surface area contributed by atoms with Crippen molar-refractivity contribution in [1.82, 2.24) is 16.0 Å². The monoisotopic (exact) mass is 463 g/mol. The Morgan fingerprint density at radius 2 is 1.53 bits per heavy atom. The molecule has 3 N–H and O–H groups in total. The molecule has 0 unspecified atom stereocenters. The fourth-order valence-electron chi connectivity index (χ4n) is 3.59. The van der Waals surface area contributed by atoms with Gasteiger partial charge in [-0.15, -0.1) is 0 Å². The van der Waals surface area contributed by atoms with E-state index in [1.165, 1.54) is 0 Å². The third kappa shape index (κ3) is 6.25. The predicted molar refractivity (Wildman–Crippen MR) is 127 cm³/mol. The summed E-state index contributed by atoms with van der Waals surface area (Å²) in [6, 6.07) is 20.4. The number of amides is 3. The van der Waals surface area contributed by atoms with Crippen molar-refractivity contribution in [3.8, 4) is 0 Å². The number of fused-ring (bicyclic) bond motifs is 1. The van der Waals surface area contributed by atoms with E-state index in [1.807, 2.05) is 49.4 Å². The highest BCUT2D eigenvalue weighted by molar-refractivity contribution is 6.35. The maximum atomic E-state index is 13.0. The minimum absolute atomic E-state index is 0.0398. The number of halogens is 1. The molecule has 0 radical (unpaired) electrons. The second-order valence-electron chi connectivity index (χ2n) is 7.78. The zero-order chi connectivity index (χ0) is 24.5. The minimum atomic E-state index is -1.11. The summed E-state index contributed by atoms with van der Waals surface area (Å²) >= 11 is 0. The van der Waals surface area contributed by atoms with Crippen molar-refractivity contribution in [3.05, 3.63) is 83.4 Å². The first-order chi connectivity index (χ1) is 16.4. The third-order valence-electron chi connectivity index (χ3n) is 5.38. The molecule has 1 atom stereocenters. The van der Waals surface area contributed by atoms with E-state index in [9.17, 15) is 23.6 Å². The van der Waals surface area contributed by atoms with Crippen LogP contribution in [0.3, 0.4) is 0 Å². The van der Waals surface area contributed by atoms with Crippen molar-refractivity contribution < 1.29 is 23.6 Å². The van der Waals surface area contributed by atoms with Gasteiger partial charge < -0.3 is 16.0 Å². The first-order valence-corrected chi connectivity index (χ1v) is 10.9. The molecule has 0 aliphatic carbocycles. The van der Waals surface area contributed by atoms with Crippen LogP contribution >= 0.6 is 0 Å². The van der Waals surface area contributed by atoms with Gasteiger partial charge in [-0.25, -0.2) is 4.39 Å². The van der Waals surface area contributed by atoms with Crippen LogP contribution in [0.1, 0.15) is 40.9 Å². The molecule has 0 saturated carbocycles. The molecular weight excluding hydrogens is 437 g/mol. The van der Waals surface area contributed by atoms with Gasteiger partial charge in [-0.05, 0) is 34.9 Å². The summed E-state index contributed by atoms with van der Waals surface area (Å²) < 4.78 is 12.2. The lowest BCUT2D eigenvalue weighted by molar-refractivity contribution is -0.139. The van der Waals surface area contributed by atoms with Gasteiger partial charge in [-0.3, -0.25) is 19.2 Å². The molecule has 7 nitrogen and oxygen atoms in total. The van der Waals surface area contributed by atoms with Crippen LogP contribution in [0.5, 0.6) is 0 Å². The first kappa shape index (κ1) is 24.6. The van der Waals surface area contributed by atoms with E-state index >= 15 is 0 Å². The maximum absolute atomic E-state index is 13.0. The normalized spacial score (nSPS) is 11.5. The molecule has 3 amide bonds. The Morgan fingerprint density at radius 3 is 2.32 bits per heavy atom. The van der Waals surface area contributed by atoms with Gasteiger partial charge in [0.05, 0.1) is 6.04 Å². The molecule has 0 saturated heterocycles. The molecular formula is C26H26FN3O4. The van der Waals surface area contributed by atoms with Crippen molar-refractivity contribution in [3.63, 3.8) is 0 Å². The molecule has 3 rings (SSSR count). The summed E-state index contributed by atoms with van der Waals surface area (Å²) in [5.74, 6) is -2.80. The zero-order valence-corrected chi connectivity index (χ0v) is 18.8. The number of carbonyl (C=O) groups is 4. The van der Waals surface area contributed by atoms with Gasteiger partial charge in [-0.1, -0.05) is 60.7 Å². The topological polar surface area (TPSA) is 104 Å². The van der Waals surface area contributed by atoms with Gasteiger partial charge >= 0.3 is 11.8 Å². The number of ketones is 1. The number of hydrogen-bond donors (Lipinski definition) is 3. The zero-order valence-electron chi connectivity index (χ0n) is 18.8. The van der Waals surface area contributed by atoms with E-state index in [4.69, 9.17) is 0 Å². The molecule has 0 aliphatic rings. The molecule has 3 aromatic rings. The van der Waals surface area contributed by atoms with E-state index in [0.29, 0.717) is 11.1 Å². The Kier molecular flexibility index (Phi) is 8.45. The minimum Gasteiger partial charge on any atom is -0.347 e. The third-order valence-corrected chi connectivity index (χ3v) is 5.38. The van der Waals surface area contributed by atoms with Gasteiger partial charge in [0, 0.05) is 25.1 Å². The number of alkyl halides is 1. The highest BCUT2D eigenvalue weighted by Crippen LogP contribution is 2.24. The Labute approximate surface area is 196 Å². The number of benzene rings is 3. The number of hydrogen-bond acceptors (Lipinski definition) is 4. The molecule has 8 heteroatoms. The van der Waals surface area contributed by atoms with Crippen molar-refractivity contribution in [2.45, 2.75) is 25.9 Å². The molecule has 0 bridgehead atoms. The van der Waals surface area contributed by atoms with Crippen molar-refractivity contribution >= 4 is 34.3 Å². The van der Waals surface area contributed by atoms with E-state index in [0.717, 1.165) is 16.3 Å². The van der Waals surface area contributed by atoms with Crippen molar-refractivity contribution in [1.29, 1.82) is 0 Å². The second-order valence-corrected chi connectivity index (χ2v) is 7.78. The lowest BCUT2D eigenvalue weighted by Crippen LogP contribution is -2.40. The van der Waals surface area contributed by atoms with E-state index in [1.54, 1.807) is 24.3 Å². The Bertz CT molecular complexity index is 1210. The van der Waals surface area contributed by atoms with E-state index in [2.05, 4.69) is 16.0 Å². The van der Waals surface area contributed by atoms with E-state index in [-0.39, 0.29) is 31.5 Å². The summed E-state index contributed by atoms with van der Waals surface area (Å²) in [7, 11) is 0. The molecule has 0 heterocycles. The van der Waals surface area contributed by atoms with Crippen molar-refractivity contribution in [2.75, 3.05) is 13.2 Å². The summed E-state index contributed by atoms with van der Waals surface area (Å²) in [5, 5.41) is 9.87. The fourth-order valence-corrected chi connectivity index (χ4v) is 3.59. The molecule has 34 heavy (non-hydrogen) atoms. The molecule has 0 spiro atoms. The lowest BCUT2D eigenvalue weighted by atomic mass is 9.99.